The Morgan fingerprint density at radius 2 is 1.88 bits per heavy atom. The van der Waals surface area contributed by atoms with Gasteiger partial charge in [-0.05, 0) is 23.9 Å². The highest BCUT2D eigenvalue weighted by Gasteiger charge is 2.05. The third kappa shape index (κ3) is 5.03. The van der Waals surface area contributed by atoms with Crippen LogP contribution >= 0.6 is 0 Å². The summed E-state index contributed by atoms with van der Waals surface area (Å²) >= 11 is -1.57. The molecule has 0 aliphatic heterocycles. The van der Waals surface area contributed by atoms with E-state index in [-0.39, 0.29) is 0 Å². The molecule has 26 heavy (non-hydrogen) atoms. The minimum Gasteiger partial charge on any atom is -0.438 e. The first kappa shape index (κ1) is 18.4. The maximum Gasteiger partial charge on any atom is 0.261 e. The highest BCUT2D eigenvalue weighted by molar-refractivity contribution is 7.81. The van der Waals surface area contributed by atoms with Crippen LogP contribution < -0.4 is 9.46 Å². The van der Waals surface area contributed by atoms with E-state index in [0.29, 0.717) is 18.2 Å². The lowest BCUT2D eigenvalue weighted by atomic mass is 10.1. The summed E-state index contributed by atoms with van der Waals surface area (Å²) in [6.45, 7) is 2.59. The summed E-state index contributed by atoms with van der Waals surface area (Å²) in [7, 11) is 0. The average molecular weight is 370 g/mol. The smallest absolute Gasteiger partial charge is 0.261 e. The molecule has 136 valence electrons. The molecule has 0 radical (unpaired) electrons. The van der Waals surface area contributed by atoms with Gasteiger partial charge in [0, 0.05) is 11.5 Å². The number of unbranched alkanes of at least 4 members (excludes halogenated alkanes) is 2. The van der Waals surface area contributed by atoms with E-state index in [1.165, 1.54) is 0 Å². The molecule has 6 heteroatoms. The minimum absolute atomic E-state index is 0.474. The molecule has 0 aliphatic rings. The SMILES string of the molecule is CCCCCOS(=O)Nc1ccc(Oc2cccc3ccccc23)nc1. The van der Waals surface area contributed by atoms with Crippen molar-refractivity contribution in [2.75, 3.05) is 11.3 Å². The number of nitrogens with one attached hydrogen (secondary N) is 1. The maximum absolute atomic E-state index is 11.8. The van der Waals surface area contributed by atoms with E-state index in [4.69, 9.17) is 8.92 Å². The van der Waals surface area contributed by atoms with E-state index in [0.717, 1.165) is 35.8 Å². The predicted molar refractivity (Wildman–Crippen MR) is 106 cm³/mol. The van der Waals surface area contributed by atoms with Gasteiger partial charge >= 0.3 is 0 Å². The van der Waals surface area contributed by atoms with Gasteiger partial charge in [-0.15, -0.1) is 0 Å². The molecule has 0 spiro atoms. The second kappa shape index (κ2) is 9.31. The van der Waals surface area contributed by atoms with E-state index < -0.39 is 11.3 Å². The van der Waals surface area contributed by atoms with Crippen LogP contribution in [-0.2, 0) is 15.4 Å². The number of aromatic nitrogens is 1. The molecule has 0 aliphatic carbocycles. The van der Waals surface area contributed by atoms with Crippen molar-refractivity contribution in [1.82, 2.24) is 4.98 Å². The lowest BCUT2D eigenvalue weighted by molar-refractivity contribution is 0.337. The minimum atomic E-state index is -1.57. The Hall–Kier alpha value is -2.44. The van der Waals surface area contributed by atoms with Crippen LogP contribution in [0.15, 0.2) is 60.8 Å². The fourth-order valence-electron chi connectivity index (χ4n) is 2.51. The van der Waals surface area contributed by atoms with Crippen LogP contribution in [0.25, 0.3) is 10.8 Å². The van der Waals surface area contributed by atoms with Crippen molar-refractivity contribution in [1.29, 1.82) is 0 Å². The lowest BCUT2D eigenvalue weighted by Gasteiger charge is -2.09. The number of benzene rings is 2. The predicted octanol–water partition coefficient (Wildman–Crippen LogP) is 5.22. The molecule has 5 nitrogen and oxygen atoms in total. The third-order valence-corrected chi connectivity index (χ3v) is 4.62. The quantitative estimate of drug-likeness (QED) is 0.524. The maximum atomic E-state index is 11.8. The van der Waals surface area contributed by atoms with E-state index in [1.807, 2.05) is 42.5 Å². The molecule has 3 rings (SSSR count). The number of anilines is 1. The van der Waals surface area contributed by atoms with Crippen molar-refractivity contribution < 1.29 is 13.1 Å². The van der Waals surface area contributed by atoms with E-state index in [2.05, 4.69) is 16.6 Å². The van der Waals surface area contributed by atoms with Gasteiger partial charge in [-0.1, -0.05) is 56.2 Å². The summed E-state index contributed by atoms with van der Waals surface area (Å²) in [5.41, 5.74) is 0.615. The molecule has 1 N–H and O–H groups in total. The van der Waals surface area contributed by atoms with Gasteiger partial charge in [-0.25, -0.2) is 9.19 Å². The zero-order chi connectivity index (χ0) is 18.2. The molecular weight excluding hydrogens is 348 g/mol. The second-order valence-electron chi connectivity index (χ2n) is 5.83. The topological polar surface area (TPSA) is 60.5 Å². The van der Waals surface area contributed by atoms with Crippen molar-refractivity contribution in [3.8, 4) is 11.6 Å². The van der Waals surface area contributed by atoms with Crippen molar-refractivity contribution in [2.45, 2.75) is 26.2 Å². The van der Waals surface area contributed by atoms with Crippen LogP contribution in [-0.4, -0.2) is 15.8 Å². The molecule has 0 bridgehead atoms. The molecule has 2 aromatic carbocycles. The standard InChI is InChI=1S/C20H22N2O3S/c1-2-3-6-14-24-26(23)22-17-12-13-20(21-15-17)25-19-11-7-9-16-8-4-5-10-18(16)19/h4-5,7-13,15,22H,2-3,6,14H2,1H3. The van der Waals surface area contributed by atoms with Crippen LogP contribution in [0.5, 0.6) is 11.6 Å². The van der Waals surface area contributed by atoms with Gasteiger partial charge in [0.15, 0.2) is 0 Å². The Kier molecular flexibility index (Phi) is 6.57. The fraction of sp³-hybridized carbons (Fsp3) is 0.250. The summed E-state index contributed by atoms with van der Waals surface area (Å²) in [6.07, 6.45) is 4.65. The Morgan fingerprint density at radius 3 is 2.69 bits per heavy atom. The fourth-order valence-corrected chi connectivity index (χ4v) is 3.15. The number of fused-ring (bicyclic) bond motifs is 1. The average Bonchev–Trinajstić information content (AvgIpc) is 2.67. The molecule has 1 unspecified atom stereocenters. The molecule has 1 atom stereocenters. The molecule has 0 amide bonds. The molecule has 0 saturated carbocycles. The normalized spacial score (nSPS) is 12.0. The molecule has 3 aromatic rings. The first-order valence-corrected chi connectivity index (χ1v) is 9.77. The highest BCUT2D eigenvalue weighted by atomic mass is 32.2. The Bertz CT molecular complexity index is 863. The van der Waals surface area contributed by atoms with E-state index in [9.17, 15) is 4.21 Å². The monoisotopic (exact) mass is 370 g/mol. The highest BCUT2D eigenvalue weighted by Crippen LogP contribution is 2.29. The molecule has 0 saturated heterocycles. The summed E-state index contributed by atoms with van der Waals surface area (Å²) in [6, 6.07) is 17.4. The van der Waals surface area contributed by atoms with Crippen LogP contribution in [0.1, 0.15) is 26.2 Å². The Balaban J connectivity index is 1.60. The summed E-state index contributed by atoms with van der Waals surface area (Å²) < 4.78 is 25.7. The van der Waals surface area contributed by atoms with Gasteiger partial charge in [0.2, 0.25) is 5.88 Å². The van der Waals surface area contributed by atoms with Gasteiger partial charge in [-0.3, -0.25) is 8.91 Å². The van der Waals surface area contributed by atoms with Crippen molar-refractivity contribution in [3.63, 3.8) is 0 Å². The van der Waals surface area contributed by atoms with Gasteiger partial charge in [0.25, 0.3) is 11.3 Å². The first-order chi connectivity index (χ1) is 12.8. The zero-order valence-corrected chi connectivity index (χ0v) is 15.5. The van der Waals surface area contributed by atoms with E-state index in [1.54, 1.807) is 18.3 Å². The first-order valence-electron chi connectivity index (χ1n) is 8.69. The molecule has 0 fully saturated rings. The van der Waals surface area contributed by atoms with Crippen LogP contribution in [0.2, 0.25) is 0 Å². The van der Waals surface area contributed by atoms with Gasteiger partial charge in [0.05, 0.1) is 18.5 Å². The number of ether oxygens (including phenoxy) is 1. The van der Waals surface area contributed by atoms with Crippen molar-refractivity contribution >= 4 is 27.7 Å². The summed E-state index contributed by atoms with van der Waals surface area (Å²) in [5.74, 6) is 1.22. The zero-order valence-electron chi connectivity index (χ0n) is 14.7. The largest absolute Gasteiger partial charge is 0.438 e. The Labute approximate surface area is 156 Å². The van der Waals surface area contributed by atoms with Crippen LogP contribution in [0.4, 0.5) is 5.69 Å². The van der Waals surface area contributed by atoms with Gasteiger partial charge < -0.3 is 4.74 Å². The number of hydrogen-bond acceptors (Lipinski definition) is 4. The molecular formula is C20H22N2O3S. The van der Waals surface area contributed by atoms with Crippen LogP contribution in [0, 0.1) is 0 Å². The van der Waals surface area contributed by atoms with Crippen molar-refractivity contribution in [2.24, 2.45) is 0 Å². The molecule has 1 aromatic heterocycles. The molecule has 1 heterocycles. The third-order valence-electron chi connectivity index (χ3n) is 3.84. The van der Waals surface area contributed by atoms with Crippen LogP contribution in [0.3, 0.4) is 0 Å². The number of hydrogen-bond donors (Lipinski definition) is 1. The number of rotatable bonds is 9. The number of pyridine rings is 1. The van der Waals surface area contributed by atoms with E-state index >= 15 is 0 Å². The number of nitrogens with zero attached hydrogens (tertiary/aromatic N) is 1. The summed E-state index contributed by atoms with van der Waals surface area (Å²) in [4.78, 5) is 4.27. The van der Waals surface area contributed by atoms with Gasteiger partial charge in [-0.2, -0.15) is 0 Å². The summed E-state index contributed by atoms with van der Waals surface area (Å²) in [5, 5.41) is 2.14. The second-order valence-corrected chi connectivity index (χ2v) is 6.74. The van der Waals surface area contributed by atoms with Crippen molar-refractivity contribution in [3.05, 3.63) is 60.8 Å². The Morgan fingerprint density at radius 1 is 1.04 bits per heavy atom. The lowest BCUT2D eigenvalue weighted by Crippen LogP contribution is -2.09. The van der Waals surface area contributed by atoms with Gasteiger partial charge in [0.1, 0.15) is 5.75 Å².